The molecule has 0 fully saturated rings. The van der Waals surface area contributed by atoms with Crippen molar-refractivity contribution in [2.24, 2.45) is 0 Å². The summed E-state index contributed by atoms with van der Waals surface area (Å²) in [7, 11) is 0. The average Bonchev–Trinajstić information content (AvgIpc) is 2.59. The molecule has 0 bridgehead atoms. The van der Waals surface area contributed by atoms with Crippen LogP contribution in [0.25, 0.3) is 0 Å². The van der Waals surface area contributed by atoms with Crippen molar-refractivity contribution in [3.8, 4) is 0 Å². The van der Waals surface area contributed by atoms with Crippen LogP contribution < -0.4 is 5.32 Å². The molecule has 1 heterocycles. The number of rotatable bonds is 4. The van der Waals surface area contributed by atoms with Crippen LogP contribution in [0.3, 0.4) is 0 Å². The van der Waals surface area contributed by atoms with Crippen molar-refractivity contribution in [1.29, 1.82) is 0 Å². The molecule has 0 saturated heterocycles. The van der Waals surface area contributed by atoms with Gasteiger partial charge < -0.3 is 14.9 Å². The molecular weight excluding hydrogens is 196 g/mol. The Bertz CT molecular complexity index is 346. The molecular formula is C10H16N2O3. The number of amides is 1. The summed E-state index contributed by atoms with van der Waals surface area (Å²) in [4.78, 5) is 11.8. The maximum Gasteiger partial charge on any atom is 0.257 e. The van der Waals surface area contributed by atoms with Gasteiger partial charge in [0.1, 0.15) is 11.3 Å². The molecule has 1 unspecified atom stereocenters. The maximum absolute atomic E-state index is 11.8. The number of aromatic nitrogens is 1. The predicted octanol–water partition coefficient (Wildman–Crippen LogP) is 0.656. The molecule has 0 aliphatic rings. The SMILES string of the molecule is CCc1noc(C)c1C(=O)NC(C)CO. The first kappa shape index (κ1) is 11.7. The monoisotopic (exact) mass is 212 g/mol. The number of nitrogens with zero attached hydrogens (tertiary/aromatic N) is 1. The fourth-order valence-corrected chi connectivity index (χ4v) is 1.29. The Hall–Kier alpha value is -1.36. The van der Waals surface area contributed by atoms with E-state index >= 15 is 0 Å². The lowest BCUT2D eigenvalue weighted by atomic mass is 10.1. The van der Waals surface area contributed by atoms with Crippen molar-refractivity contribution >= 4 is 5.91 Å². The summed E-state index contributed by atoms with van der Waals surface area (Å²) in [6, 6.07) is -0.267. The lowest BCUT2D eigenvalue weighted by Gasteiger charge is -2.10. The number of hydrogen-bond acceptors (Lipinski definition) is 4. The van der Waals surface area contributed by atoms with Crippen LogP contribution in [0.4, 0.5) is 0 Å². The van der Waals surface area contributed by atoms with E-state index in [0.29, 0.717) is 23.4 Å². The van der Waals surface area contributed by atoms with Crippen molar-refractivity contribution < 1.29 is 14.4 Å². The number of aryl methyl sites for hydroxylation is 2. The van der Waals surface area contributed by atoms with Gasteiger partial charge >= 0.3 is 0 Å². The number of carbonyl (C=O) groups excluding carboxylic acids is 1. The van der Waals surface area contributed by atoms with E-state index in [4.69, 9.17) is 9.63 Å². The summed E-state index contributed by atoms with van der Waals surface area (Å²) in [5.74, 6) is 0.265. The van der Waals surface area contributed by atoms with Gasteiger partial charge in [-0.25, -0.2) is 0 Å². The first-order valence-corrected chi connectivity index (χ1v) is 4.97. The quantitative estimate of drug-likeness (QED) is 0.768. The molecule has 1 aromatic rings. The Morgan fingerprint density at radius 3 is 2.87 bits per heavy atom. The van der Waals surface area contributed by atoms with Crippen molar-refractivity contribution in [3.05, 3.63) is 17.0 Å². The zero-order chi connectivity index (χ0) is 11.4. The molecule has 15 heavy (non-hydrogen) atoms. The summed E-state index contributed by atoms with van der Waals surface area (Å²) >= 11 is 0. The van der Waals surface area contributed by atoms with Gasteiger partial charge in [0.25, 0.3) is 5.91 Å². The third-order valence-corrected chi connectivity index (χ3v) is 2.15. The van der Waals surface area contributed by atoms with E-state index < -0.39 is 0 Å². The van der Waals surface area contributed by atoms with E-state index in [2.05, 4.69) is 10.5 Å². The average molecular weight is 212 g/mol. The minimum atomic E-state index is -0.267. The van der Waals surface area contributed by atoms with E-state index in [0.717, 1.165) is 0 Å². The Balaban J connectivity index is 2.85. The zero-order valence-corrected chi connectivity index (χ0v) is 9.20. The van der Waals surface area contributed by atoms with E-state index in [9.17, 15) is 4.79 Å². The Morgan fingerprint density at radius 1 is 1.67 bits per heavy atom. The number of hydrogen-bond donors (Lipinski definition) is 2. The molecule has 5 nitrogen and oxygen atoms in total. The third kappa shape index (κ3) is 2.56. The first-order chi connectivity index (χ1) is 7.10. The highest BCUT2D eigenvalue weighted by molar-refractivity contribution is 5.96. The Kier molecular flexibility index (Phi) is 3.85. The minimum absolute atomic E-state index is 0.0858. The van der Waals surface area contributed by atoms with Crippen LogP contribution >= 0.6 is 0 Å². The maximum atomic E-state index is 11.8. The molecule has 0 radical (unpaired) electrons. The van der Waals surface area contributed by atoms with Gasteiger partial charge in [0.2, 0.25) is 0 Å². The van der Waals surface area contributed by atoms with Crippen molar-refractivity contribution in [2.45, 2.75) is 33.2 Å². The Morgan fingerprint density at radius 2 is 2.33 bits per heavy atom. The molecule has 2 N–H and O–H groups in total. The normalized spacial score (nSPS) is 12.5. The van der Waals surface area contributed by atoms with Gasteiger partial charge in [-0.3, -0.25) is 4.79 Å². The zero-order valence-electron chi connectivity index (χ0n) is 9.20. The number of aliphatic hydroxyl groups excluding tert-OH is 1. The summed E-state index contributed by atoms with van der Waals surface area (Å²) in [6.45, 7) is 5.25. The van der Waals surface area contributed by atoms with Crippen LogP contribution in [0.5, 0.6) is 0 Å². The topological polar surface area (TPSA) is 75.4 Å². The second kappa shape index (κ2) is 4.93. The van der Waals surface area contributed by atoms with Crippen LogP contribution in [-0.2, 0) is 6.42 Å². The number of nitrogens with one attached hydrogen (secondary N) is 1. The van der Waals surface area contributed by atoms with Gasteiger partial charge in [-0.2, -0.15) is 0 Å². The fourth-order valence-electron chi connectivity index (χ4n) is 1.29. The summed E-state index contributed by atoms with van der Waals surface area (Å²) in [6.07, 6.45) is 0.646. The van der Waals surface area contributed by atoms with Gasteiger partial charge in [-0.1, -0.05) is 12.1 Å². The van der Waals surface area contributed by atoms with Crippen LogP contribution in [0, 0.1) is 6.92 Å². The highest BCUT2D eigenvalue weighted by Gasteiger charge is 2.19. The van der Waals surface area contributed by atoms with Gasteiger partial charge in [-0.15, -0.1) is 0 Å². The fraction of sp³-hybridized carbons (Fsp3) is 0.600. The molecule has 1 amide bonds. The molecule has 0 aliphatic heterocycles. The predicted molar refractivity (Wildman–Crippen MR) is 54.6 cm³/mol. The molecule has 0 spiro atoms. The summed E-state index contributed by atoms with van der Waals surface area (Å²) < 4.78 is 4.95. The van der Waals surface area contributed by atoms with E-state index in [1.807, 2.05) is 6.92 Å². The third-order valence-electron chi connectivity index (χ3n) is 2.15. The lowest BCUT2D eigenvalue weighted by Crippen LogP contribution is -2.35. The van der Waals surface area contributed by atoms with E-state index in [1.54, 1.807) is 13.8 Å². The van der Waals surface area contributed by atoms with Crippen LogP contribution in [-0.4, -0.2) is 28.8 Å². The molecule has 0 aliphatic carbocycles. The second-order valence-electron chi connectivity index (χ2n) is 3.47. The van der Waals surface area contributed by atoms with Gasteiger partial charge in [0.15, 0.2) is 0 Å². The molecule has 5 heteroatoms. The van der Waals surface area contributed by atoms with Crippen LogP contribution in [0.2, 0.25) is 0 Å². The molecule has 84 valence electrons. The summed E-state index contributed by atoms with van der Waals surface area (Å²) in [5, 5.41) is 15.3. The molecule has 1 atom stereocenters. The Labute approximate surface area is 88.5 Å². The van der Waals surface area contributed by atoms with Gasteiger partial charge in [-0.05, 0) is 20.3 Å². The lowest BCUT2D eigenvalue weighted by molar-refractivity contribution is 0.0920. The largest absolute Gasteiger partial charge is 0.394 e. The second-order valence-corrected chi connectivity index (χ2v) is 3.47. The van der Waals surface area contributed by atoms with Crippen molar-refractivity contribution in [1.82, 2.24) is 10.5 Å². The van der Waals surface area contributed by atoms with E-state index in [1.165, 1.54) is 0 Å². The van der Waals surface area contributed by atoms with Gasteiger partial charge in [0.05, 0.1) is 12.3 Å². The number of aliphatic hydroxyl groups is 1. The smallest absolute Gasteiger partial charge is 0.257 e. The molecule has 0 aromatic carbocycles. The standard InChI is InChI=1S/C10H16N2O3/c1-4-8-9(7(3)15-12-8)10(14)11-6(2)5-13/h6,13H,4-5H2,1-3H3,(H,11,14). The van der Waals surface area contributed by atoms with Gasteiger partial charge in [0, 0.05) is 6.04 Å². The first-order valence-electron chi connectivity index (χ1n) is 4.97. The van der Waals surface area contributed by atoms with Crippen LogP contribution in [0.15, 0.2) is 4.52 Å². The highest BCUT2D eigenvalue weighted by Crippen LogP contribution is 2.13. The van der Waals surface area contributed by atoms with Crippen molar-refractivity contribution in [3.63, 3.8) is 0 Å². The minimum Gasteiger partial charge on any atom is -0.394 e. The van der Waals surface area contributed by atoms with E-state index in [-0.39, 0.29) is 18.6 Å². The summed E-state index contributed by atoms with van der Waals surface area (Å²) in [5.41, 5.74) is 1.13. The van der Waals surface area contributed by atoms with Crippen LogP contribution in [0.1, 0.15) is 35.7 Å². The molecule has 0 saturated carbocycles. The number of carbonyl (C=O) groups is 1. The molecule has 1 rings (SSSR count). The highest BCUT2D eigenvalue weighted by atomic mass is 16.5. The molecule has 1 aromatic heterocycles. The van der Waals surface area contributed by atoms with Crippen molar-refractivity contribution in [2.75, 3.05) is 6.61 Å².